The summed E-state index contributed by atoms with van der Waals surface area (Å²) in [6, 6.07) is 9.63. The van der Waals surface area contributed by atoms with E-state index in [4.69, 9.17) is 11.6 Å². The van der Waals surface area contributed by atoms with E-state index in [0.29, 0.717) is 0 Å². The van der Waals surface area contributed by atoms with Gasteiger partial charge in [0.2, 0.25) is 0 Å². The Kier molecular flexibility index (Phi) is 4.18. The zero-order valence-electron chi connectivity index (χ0n) is 10.0. The fourth-order valence-electron chi connectivity index (χ4n) is 1.74. The fraction of sp³-hybridized carbons (Fsp3) is 0.143. The van der Waals surface area contributed by atoms with Gasteiger partial charge >= 0.3 is 6.36 Å². The number of hydrogen-bond donors (Lipinski definition) is 0. The highest BCUT2D eigenvalue weighted by molar-refractivity contribution is 6.17. The second-order valence-electron chi connectivity index (χ2n) is 3.98. The minimum Gasteiger partial charge on any atom is -0.405 e. The lowest BCUT2D eigenvalue weighted by Gasteiger charge is -2.13. The molecular formula is C14H9ClF4O. The molecule has 0 saturated carbocycles. The fourth-order valence-corrected chi connectivity index (χ4v) is 1.96. The molecule has 0 aliphatic rings. The van der Waals surface area contributed by atoms with Crippen molar-refractivity contribution in [3.8, 4) is 16.9 Å². The van der Waals surface area contributed by atoms with Gasteiger partial charge in [0, 0.05) is 11.1 Å². The molecule has 2 rings (SSSR count). The normalized spacial score (nSPS) is 11.4. The highest BCUT2D eigenvalue weighted by Gasteiger charge is 2.32. The summed E-state index contributed by atoms with van der Waals surface area (Å²) in [5.41, 5.74) is 0.728. The Morgan fingerprint density at radius 2 is 1.75 bits per heavy atom. The maximum absolute atomic E-state index is 13.7. The first-order valence-corrected chi connectivity index (χ1v) is 6.13. The summed E-state index contributed by atoms with van der Waals surface area (Å²) >= 11 is 5.54. The molecule has 20 heavy (non-hydrogen) atoms. The molecule has 106 valence electrons. The Bertz CT molecular complexity index is 610. The standard InChI is InChI=1S/C14H9ClF4O/c15-8-10-6-5-9(7-12(10)16)11-3-1-2-4-13(11)20-14(17,18)19/h1-7H,8H2. The highest BCUT2D eigenvalue weighted by atomic mass is 35.5. The van der Waals surface area contributed by atoms with Crippen LogP contribution in [0.3, 0.4) is 0 Å². The molecule has 0 heterocycles. The Hall–Kier alpha value is -1.75. The Balaban J connectivity index is 2.45. The van der Waals surface area contributed by atoms with Crippen LogP contribution in [0.15, 0.2) is 42.5 Å². The van der Waals surface area contributed by atoms with Crippen LogP contribution in [0.1, 0.15) is 5.56 Å². The summed E-state index contributed by atoms with van der Waals surface area (Å²) in [6.45, 7) is 0. The predicted molar refractivity (Wildman–Crippen MR) is 68.1 cm³/mol. The van der Waals surface area contributed by atoms with E-state index in [9.17, 15) is 17.6 Å². The molecule has 0 radical (unpaired) electrons. The van der Waals surface area contributed by atoms with Crippen molar-refractivity contribution < 1.29 is 22.3 Å². The lowest BCUT2D eigenvalue weighted by atomic mass is 10.0. The molecule has 0 aliphatic heterocycles. The van der Waals surface area contributed by atoms with Crippen LogP contribution >= 0.6 is 11.6 Å². The molecule has 0 aromatic heterocycles. The smallest absolute Gasteiger partial charge is 0.405 e. The first-order valence-electron chi connectivity index (χ1n) is 5.60. The van der Waals surface area contributed by atoms with Crippen LogP contribution in [0, 0.1) is 5.82 Å². The summed E-state index contributed by atoms with van der Waals surface area (Å²) in [5, 5.41) is 0. The molecule has 0 fully saturated rings. The molecule has 0 N–H and O–H groups in total. The van der Waals surface area contributed by atoms with Gasteiger partial charge in [-0.25, -0.2) is 4.39 Å². The second kappa shape index (κ2) is 5.71. The van der Waals surface area contributed by atoms with Gasteiger partial charge in [0.1, 0.15) is 11.6 Å². The van der Waals surface area contributed by atoms with Gasteiger partial charge in [-0.15, -0.1) is 24.8 Å². The molecule has 2 aromatic rings. The molecule has 0 amide bonds. The van der Waals surface area contributed by atoms with Gasteiger partial charge in [-0.2, -0.15) is 0 Å². The molecule has 6 heteroatoms. The Labute approximate surface area is 117 Å². The summed E-state index contributed by atoms with van der Waals surface area (Å²) in [5.74, 6) is -0.954. The number of rotatable bonds is 3. The van der Waals surface area contributed by atoms with Crippen molar-refractivity contribution in [3.63, 3.8) is 0 Å². The lowest BCUT2D eigenvalue weighted by molar-refractivity contribution is -0.274. The van der Waals surface area contributed by atoms with Gasteiger partial charge in [0.05, 0.1) is 5.88 Å². The second-order valence-corrected chi connectivity index (χ2v) is 4.25. The monoisotopic (exact) mass is 304 g/mol. The highest BCUT2D eigenvalue weighted by Crippen LogP contribution is 2.34. The summed E-state index contributed by atoms with van der Waals surface area (Å²) < 4.78 is 54.6. The number of para-hydroxylation sites is 1. The van der Waals surface area contributed by atoms with Gasteiger partial charge in [-0.3, -0.25) is 0 Å². The molecule has 0 aliphatic carbocycles. The van der Waals surface area contributed by atoms with Crippen molar-refractivity contribution in [1.29, 1.82) is 0 Å². The third kappa shape index (κ3) is 3.42. The third-order valence-corrected chi connectivity index (χ3v) is 2.91. The SMILES string of the molecule is Fc1cc(-c2ccccc2OC(F)(F)F)ccc1CCl. The molecule has 0 spiro atoms. The van der Waals surface area contributed by atoms with Crippen LogP contribution in [0.5, 0.6) is 5.75 Å². The van der Waals surface area contributed by atoms with E-state index in [1.54, 1.807) is 6.07 Å². The van der Waals surface area contributed by atoms with Gasteiger partial charge in [-0.05, 0) is 17.7 Å². The van der Waals surface area contributed by atoms with Gasteiger partial charge < -0.3 is 4.74 Å². The number of ether oxygens (including phenoxy) is 1. The molecular weight excluding hydrogens is 296 g/mol. The van der Waals surface area contributed by atoms with Crippen molar-refractivity contribution in [1.82, 2.24) is 0 Å². The molecule has 2 aromatic carbocycles. The van der Waals surface area contributed by atoms with Crippen molar-refractivity contribution in [3.05, 3.63) is 53.8 Å². The number of benzene rings is 2. The van der Waals surface area contributed by atoms with Crippen LogP contribution in [-0.2, 0) is 5.88 Å². The Morgan fingerprint density at radius 1 is 1.05 bits per heavy atom. The van der Waals surface area contributed by atoms with Crippen LogP contribution in [-0.4, -0.2) is 6.36 Å². The average Bonchev–Trinajstić information content (AvgIpc) is 2.37. The largest absolute Gasteiger partial charge is 0.573 e. The maximum atomic E-state index is 13.7. The minimum atomic E-state index is -4.80. The topological polar surface area (TPSA) is 9.23 Å². The van der Waals surface area contributed by atoms with Gasteiger partial charge in [0.25, 0.3) is 0 Å². The summed E-state index contributed by atoms with van der Waals surface area (Å²) in [4.78, 5) is 0. The summed E-state index contributed by atoms with van der Waals surface area (Å²) in [7, 11) is 0. The van der Waals surface area contributed by atoms with E-state index >= 15 is 0 Å². The first kappa shape index (κ1) is 14.7. The first-order chi connectivity index (χ1) is 9.40. The quantitative estimate of drug-likeness (QED) is 0.564. The van der Waals surface area contributed by atoms with Crippen LogP contribution in [0.2, 0.25) is 0 Å². The molecule has 1 nitrogen and oxygen atoms in total. The van der Waals surface area contributed by atoms with E-state index in [-0.39, 0.29) is 28.3 Å². The molecule has 0 unspecified atom stereocenters. The van der Waals surface area contributed by atoms with Crippen molar-refractivity contribution in [2.24, 2.45) is 0 Å². The zero-order valence-corrected chi connectivity index (χ0v) is 10.8. The van der Waals surface area contributed by atoms with Crippen LogP contribution in [0.4, 0.5) is 17.6 Å². The zero-order chi connectivity index (χ0) is 14.8. The van der Waals surface area contributed by atoms with Crippen molar-refractivity contribution >= 4 is 11.6 Å². The predicted octanol–water partition coefficient (Wildman–Crippen LogP) is 5.13. The number of hydrogen-bond acceptors (Lipinski definition) is 1. The number of alkyl halides is 4. The van der Waals surface area contributed by atoms with E-state index in [1.165, 1.54) is 30.3 Å². The Morgan fingerprint density at radius 3 is 2.35 bits per heavy atom. The van der Waals surface area contributed by atoms with Gasteiger partial charge in [0.15, 0.2) is 0 Å². The van der Waals surface area contributed by atoms with E-state index in [1.807, 2.05) is 0 Å². The molecule has 0 atom stereocenters. The average molecular weight is 305 g/mol. The summed E-state index contributed by atoms with van der Waals surface area (Å²) in [6.07, 6.45) is -4.80. The van der Waals surface area contributed by atoms with Crippen molar-refractivity contribution in [2.75, 3.05) is 0 Å². The van der Waals surface area contributed by atoms with Gasteiger partial charge in [-0.1, -0.05) is 30.3 Å². The third-order valence-electron chi connectivity index (χ3n) is 2.62. The minimum absolute atomic E-state index is 0.00713. The van der Waals surface area contributed by atoms with Crippen molar-refractivity contribution in [2.45, 2.75) is 12.2 Å². The molecule has 0 saturated heterocycles. The van der Waals surface area contributed by atoms with Crippen LogP contribution < -0.4 is 4.74 Å². The van der Waals surface area contributed by atoms with E-state index < -0.39 is 12.2 Å². The number of halogens is 5. The molecule has 0 bridgehead atoms. The van der Waals surface area contributed by atoms with E-state index in [0.717, 1.165) is 6.07 Å². The maximum Gasteiger partial charge on any atom is 0.573 e. The van der Waals surface area contributed by atoms with E-state index in [2.05, 4.69) is 4.74 Å². The lowest BCUT2D eigenvalue weighted by Crippen LogP contribution is -2.17. The van der Waals surface area contributed by atoms with Crippen LogP contribution in [0.25, 0.3) is 11.1 Å².